The fraction of sp³-hybridized carbons (Fsp3) is 0.368. The Hall–Kier alpha value is -1.92. The van der Waals surface area contributed by atoms with Gasteiger partial charge in [-0.25, -0.2) is 0 Å². The monoisotopic (exact) mass is 400 g/mol. The lowest BCUT2D eigenvalue weighted by molar-refractivity contribution is 0.206. The van der Waals surface area contributed by atoms with Gasteiger partial charge in [-0.15, -0.1) is 0 Å². The predicted molar refractivity (Wildman–Crippen MR) is 100.0 cm³/mol. The Morgan fingerprint density at radius 1 is 1.36 bits per heavy atom. The van der Waals surface area contributed by atoms with E-state index in [1.807, 2.05) is 18.3 Å². The molecule has 4 rings (SSSR count). The predicted octanol–water partition coefficient (Wildman–Crippen LogP) is 4.73. The summed E-state index contributed by atoms with van der Waals surface area (Å²) in [6.45, 7) is 4.02. The van der Waals surface area contributed by atoms with Crippen molar-refractivity contribution in [2.45, 2.75) is 38.8 Å². The van der Waals surface area contributed by atoms with E-state index in [1.54, 1.807) is 0 Å². The summed E-state index contributed by atoms with van der Waals surface area (Å²) in [6.07, 6.45) is 5.13. The van der Waals surface area contributed by atoms with E-state index in [0.29, 0.717) is 6.04 Å². The Kier molecular flexibility index (Phi) is 4.72. The minimum Gasteiger partial charge on any atom is -0.359 e. The molecule has 1 atom stereocenters. The topological polar surface area (TPSA) is 58.0 Å². The lowest BCUT2D eigenvalue weighted by Crippen LogP contribution is -2.22. The first-order valence-electron chi connectivity index (χ1n) is 8.72. The van der Waals surface area contributed by atoms with E-state index in [0.717, 1.165) is 53.1 Å². The molecule has 6 heteroatoms. The second kappa shape index (κ2) is 7.14. The molecule has 1 aromatic carbocycles. The molecule has 1 saturated heterocycles. The summed E-state index contributed by atoms with van der Waals surface area (Å²) < 4.78 is 6.67. The fourth-order valence-corrected chi connectivity index (χ4v) is 3.93. The molecule has 130 valence electrons. The average Bonchev–Trinajstić information content (AvgIpc) is 3.35. The number of nitrogens with one attached hydrogen (secondary N) is 1. The largest absolute Gasteiger partial charge is 0.359 e. The molecular weight excluding hydrogens is 380 g/mol. The molecule has 0 saturated carbocycles. The number of rotatable bonds is 5. The first-order valence-corrected chi connectivity index (χ1v) is 9.51. The Morgan fingerprint density at radius 2 is 2.28 bits per heavy atom. The number of likely N-dealkylation sites (tertiary alicyclic amines) is 1. The van der Waals surface area contributed by atoms with Crippen LogP contribution in [0.4, 0.5) is 0 Å². The van der Waals surface area contributed by atoms with E-state index in [1.165, 1.54) is 12.0 Å². The van der Waals surface area contributed by atoms with Crippen molar-refractivity contribution in [2.75, 3.05) is 6.54 Å². The number of aromatic amines is 1. The lowest BCUT2D eigenvalue weighted by Gasteiger charge is -2.22. The highest BCUT2D eigenvalue weighted by Crippen LogP contribution is 2.35. The Balaban J connectivity index is 1.57. The first-order chi connectivity index (χ1) is 12.2. The minimum absolute atomic E-state index is 0.304. The van der Waals surface area contributed by atoms with E-state index < -0.39 is 0 Å². The van der Waals surface area contributed by atoms with Crippen molar-refractivity contribution in [1.82, 2.24) is 20.3 Å². The quantitative estimate of drug-likeness (QED) is 0.672. The highest BCUT2D eigenvalue weighted by molar-refractivity contribution is 9.10. The van der Waals surface area contributed by atoms with Gasteiger partial charge in [-0.2, -0.15) is 5.10 Å². The van der Waals surface area contributed by atoms with Crippen LogP contribution in [0.2, 0.25) is 0 Å². The maximum absolute atomic E-state index is 5.60. The van der Waals surface area contributed by atoms with Crippen LogP contribution in [-0.2, 0) is 13.0 Å². The van der Waals surface area contributed by atoms with E-state index >= 15 is 0 Å². The van der Waals surface area contributed by atoms with Gasteiger partial charge in [0, 0.05) is 28.2 Å². The SMILES string of the molecule is CCc1cc([C@@H]2CCCN2Cc2cn[nH]c2-c2cccc(Br)c2)on1. The van der Waals surface area contributed by atoms with Gasteiger partial charge >= 0.3 is 0 Å². The first kappa shape index (κ1) is 16.5. The van der Waals surface area contributed by atoms with E-state index in [4.69, 9.17) is 4.52 Å². The van der Waals surface area contributed by atoms with Gasteiger partial charge in [0.2, 0.25) is 0 Å². The maximum atomic E-state index is 5.60. The summed E-state index contributed by atoms with van der Waals surface area (Å²) >= 11 is 3.55. The van der Waals surface area contributed by atoms with Crippen LogP contribution < -0.4 is 0 Å². The number of nitrogens with zero attached hydrogens (tertiary/aromatic N) is 3. The molecule has 0 radical (unpaired) electrons. The van der Waals surface area contributed by atoms with E-state index in [2.05, 4.69) is 61.3 Å². The molecule has 2 aromatic heterocycles. The molecule has 0 amide bonds. The number of aryl methyl sites for hydroxylation is 1. The van der Waals surface area contributed by atoms with Gasteiger partial charge in [0.15, 0.2) is 5.76 Å². The molecule has 1 N–H and O–H groups in total. The van der Waals surface area contributed by atoms with Crippen molar-refractivity contribution < 1.29 is 4.52 Å². The Morgan fingerprint density at radius 3 is 3.08 bits per heavy atom. The highest BCUT2D eigenvalue weighted by atomic mass is 79.9. The van der Waals surface area contributed by atoms with Crippen molar-refractivity contribution in [3.63, 3.8) is 0 Å². The Bertz CT molecular complexity index is 856. The van der Waals surface area contributed by atoms with Crippen LogP contribution in [0.5, 0.6) is 0 Å². The van der Waals surface area contributed by atoms with Gasteiger partial charge < -0.3 is 4.52 Å². The van der Waals surface area contributed by atoms with Crippen molar-refractivity contribution in [3.05, 3.63) is 58.0 Å². The van der Waals surface area contributed by atoms with Crippen LogP contribution in [0.3, 0.4) is 0 Å². The van der Waals surface area contributed by atoms with Gasteiger partial charge in [-0.1, -0.05) is 40.1 Å². The molecule has 0 bridgehead atoms. The van der Waals surface area contributed by atoms with Crippen molar-refractivity contribution >= 4 is 15.9 Å². The molecular formula is C19H21BrN4O. The number of benzene rings is 1. The van der Waals surface area contributed by atoms with Crippen molar-refractivity contribution in [1.29, 1.82) is 0 Å². The number of hydrogen-bond acceptors (Lipinski definition) is 4. The molecule has 5 nitrogen and oxygen atoms in total. The summed E-state index contributed by atoms with van der Waals surface area (Å²) in [7, 11) is 0. The van der Waals surface area contributed by atoms with Crippen LogP contribution in [0.1, 0.15) is 42.8 Å². The number of hydrogen-bond donors (Lipinski definition) is 1. The van der Waals surface area contributed by atoms with Crippen LogP contribution in [0.15, 0.2) is 45.5 Å². The van der Waals surface area contributed by atoms with E-state index in [9.17, 15) is 0 Å². The van der Waals surface area contributed by atoms with Gasteiger partial charge in [0.05, 0.1) is 23.6 Å². The smallest absolute Gasteiger partial charge is 0.154 e. The van der Waals surface area contributed by atoms with E-state index in [-0.39, 0.29) is 0 Å². The van der Waals surface area contributed by atoms with Crippen LogP contribution in [0.25, 0.3) is 11.3 Å². The standard InChI is InChI=1S/C19H21BrN4O/c1-2-16-10-18(25-23-16)17-7-4-8-24(17)12-14-11-21-22-19(14)13-5-3-6-15(20)9-13/h3,5-6,9-11,17H,2,4,7-8,12H2,1H3,(H,21,22)/t17-/m0/s1. The highest BCUT2D eigenvalue weighted by Gasteiger charge is 2.30. The molecule has 0 unspecified atom stereocenters. The molecule has 25 heavy (non-hydrogen) atoms. The summed E-state index contributed by atoms with van der Waals surface area (Å²) in [5, 5.41) is 11.6. The number of halogens is 1. The third-order valence-corrected chi connectivity index (χ3v) is 5.33. The normalized spacial score (nSPS) is 18.1. The molecule has 1 fully saturated rings. The van der Waals surface area contributed by atoms with Gasteiger partial charge in [-0.05, 0) is 37.9 Å². The van der Waals surface area contributed by atoms with Gasteiger partial charge in [0.1, 0.15) is 0 Å². The minimum atomic E-state index is 0.304. The number of H-pyrrole nitrogens is 1. The zero-order chi connectivity index (χ0) is 17.2. The Labute approximate surface area is 155 Å². The van der Waals surface area contributed by atoms with Gasteiger partial charge in [0.25, 0.3) is 0 Å². The molecule has 3 heterocycles. The van der Waals surface area contributed by atoms with Crippen LogP contribution in [0, 0.1) is 0 Å². The summed E-state index contributed by atoms with van der Waals surface area (Å²) in [5.74, 6) is 0.988. The molecule has 3 aromatic rings. The second-order valence-corrected chi connectivity index (χ2v) is 7.40. The fourth-order valence-electron chi connectivity index (χ4n) is 3.53. The number of aromatic nitrogens is 3. The lowest BCUT2D eigenvalue weighted by atomic mass is 10.1. The second-order valence-electron chi connectivity index (χ2n) is 6.48. The average molecular weight is 401 g/mol. The van der Waals surface area contributed by atoms with Crippen LogP contribution in [-0.4, -0.2) is 26.8 Å². The maximum Gasteiger partial charge on any atom is 0.154 e. The zero-order valence-electron chi connectivity index (χ0n) is 14.2. The molecule has 0 aliphatic carbocycles. The summed E-state index contributed by atoms with van der Waals surface area (Å²) in [5.41, 5.74) is 4.46. The molecule has 0 spiro atoms. The molecule has 1 aliphatic heterocycles. The zero-order valence-corrected chi connectivity index (χ0v) is 15.8. The van der Waals surface area contributed by atoms with Crippen molar-refractivity contribution in [3.8, 4) is 11.3 Å². The van der Waals surface area contributed by atoms with Crippen molar-refractivity contribution in [2.24, 2.45) is 0 Å². The third kappa shape index (κ3) is 3.41. The van der Waals surface area contributed by atoms with Crippen LogP contribution >= 0.6 is 15.9 Å². The molecule has 1 aliphatic rings. The summed E-state index contributed by atoms with van der Waals surface area (Å²) in [6, 6.07) is 10.7. The summed E-state index contributed by atoms with van der Waals surface area (Å²) in [4.78, 5) is 2.46. The van der Waals surface area contributed by atoms with Gasteiger partial charge in [-0.3, -0.25) is 10.00 Å². The third-order valence-electron chi connectivity index (χ3n) is 4.84.